The van der Waals surface area contributed by atoms with Gasteiger partial charge in [-0.25, -0.2) is 22.0 Å². The van der Waals surface area contributed by atoms with E-state index in [9.17, 15) is 48.7 Å². The van der Waals surface area contributed by atoms with Gasteiger partial charge in [-0.1, -0.05) is 16.1 Å². The summed E-state index contributed by atoms with van der Waals surface area (Å²) in [5.41, 5.74) is -1.80. The number of ether oxygens (including phenoxy) is 1. The molecule has 2 heterocycles. The van der Waals surface area contributed by atoms with Crippen molar-refractivity contribution >= 4 is 33.5 Å². The average Bonchev–Trinajstić information content (AvgIpc) is 3.92. The third-order valence-corrected chi connectivity index (χ3v) is 11.6. The first kappa shape index (κ1) is 35.6. The zero-order chi connectivity index (χ0) is 35.6. The number of halogens is 9. The minimum Gasteiger partial charge on any atom is -0.493 e. The Morgan fingerprint density at radius 3 is 2.10 bits per heavy atom. The maximum Gasteiger partial charge on any atom is 0.493 e. The second-order valence-electron chi connectivity index (χ2n) is 12.9. The van der Waals surface area contributed by atoms with Gasteiger partial charge in [-0.05, 0) is 87.0 Å². The fraction of sp³-hybridized carbons (Fsp3) is 0.548. The smallest absolute Gasteiger partial charge is 0.493 e. The number of sulfonamides is 1. The number of amides is 1. The largest absolute Gasteiger partial charge is 0.493 e. The molecule has 49 heavy (non-hydrogen) atoms. The van der Waals surface area contributed by atoms with Crippen LogP contribution in [-0.2, 0) is 32.4 Å². The van der Waals surface area contributed by atoms with E-state index in [0.717, 1.165) is 18.2 Å². The lowest BCUT2D eigenvalue weighted by atomic mass is 9.90. The molecule has 268 valence electrons. The van der Waals surface area contributed by atoms with E-state index in [4.69, 9.17) is 16.3 Å². The minimum atomic E-state index is -5.63. The summed E-state index contributed by atoms with van der Waals surface area (Å²) in [5.74, 6) is -7.21. The standard InChI is InChI=1S/C31H29ClF8N2O6S/c32-24-10-18(30(35,36)37)9-17(27(24)34)13-41-19-3-4-20(41)8-15(7-19)14-47-26-12-25(33)23(11-22(26)16-1-2-16)28(43)42(48-29(44)31(38,39)40)49(45,46)21-5-6-21/h9-12,15-16,19-21H,1-8,13-14H2. The summed E-state index contributed by atoms with van der Waals surface area (Å²) in [6, 6.07) is 2.96. The monoisotopic (exact) mass is 744 g/mol. The molecule has 2 aliphatic carbocycles. The SMILES string of the molecule is O=C(c1cc(C2CC2)c(OCC2CC3CCC(C2)N3Cc2cc(C(F)(F)F)cc(Cl)c2F)cc1F)N(OC(=O)C(F)(F)F)S(=O)(=O)C1CC1. The first-order valence-corrected chi connectivity index (χ1v) is 17.4. The van der Waals surface area contributed by atoms with Gasteiger partial charge in [0.15, 0.2) is 0 Å². The van der Waals surface area contributed by atoms with Gasteiger partial charge in [0, 0.05) is 30.3 Å². The van der Waals surface area contributed by atoms with E-state index in [1.165, 1.54) is 0 Å². The van der Waals surface area contributed by atoms with Crippen molar-refractivity contribution < 1.29 is 62.7 Å². The quantitative estimate of drug-likeness (QED) is 0.197. The third kappa shape index (κ3) is 7.48. The number of alkyl halides is 6. The van der Waals surface area contributed by atoms with Crippen LogP contribution in [0.2, 0.25) is 5.02 Å². The van der Waals surface area contributed by atoms with E-state index in [1.807, 2.05) is 4.90 Å². The molecule has 0 aromatic heterocycles. The topological polar surface area (TPSA) is 93.2 Å². The van der Waals surface area contributed by atoms with Crippen LogP contribution in [0.3, 0.4) is 0 Å². The lowest BCUT2D eigenvalue weighted by Crippen LogP contribution is -2.44. The van der Waals surface area contributed by atoms with Crippen LogP contribution >= 0.6 is 11.6 Å². The summed E-state index contributed by atoms with van der Waals surface area (Å²) in [5, 5.41) is -1.89. The van der Waals surface area contributed by atoms with Gasteiger partial charge < -0.3 is 9.57 Å². The Bertz CT molecular complexity index is 1750. The zero-order valence-electron chi connectivity index (χ0n) is 25.4. The highest BCUT2D eigenvalue weighted by atomic mass is 35.5. The normalized spacial score (nSPS) is 23.0. The van der Waals surface area contributed by atoms with Crippen molar-refractivity contribution in [1.82, 2.24) is 9.37 Å². The Morgan fingerprint density at radius 1 is 0.918 bits per heavy atom. The van der Waals surface area contributed by atoms with Gasteiger partial charge in [-0.15, -0.1) is 0 Å². The number of carbonyl (C=O) groups is 2. The summed E-state index contributed by atoms with van der Waals surface area (Å²) in [6.45, 7) is 0.0130. The fourth-order valence-electron chi connectivity index (χ4n) is 6.62. The zero-order valence-corrected chi connectivity index (χ0v) is 27.0. The lowest BCUT2D eigenvalue weighted by molar-refractivity contribution is -0.217. The van der Waals surface area contributed by atoms with E-state index in [0.29, 0.717) is 50.2 Å². The highest BCUT2D eigenvalue weighted by molar-refractivity contribution is 7.90. The lowest BCUT2D eigenvalue weighted by Gasteiger charge is -2.39. The fourth-order valence-corrected chi connectivity index (χ4v) is 8.36. The predicted molar refractivity (Wildman–Crippen MR) is 156 cm³/mol. The van der Waals surface area contributed by atoms with Gasteiger partial charge in [0.2, 0.25) is 0 Å². The van der Waals surface area contributed by atoms with Gasteiger partial charge in [0.05, 0.1) is 28.0 Å². The summed E-state index contributed by atoms with van der Waals surface area (Å²) >= 11 is 5.77. The third-order valence-electron chi connectivity index (χ3n) is 9.33. The van der Waals surface area contributed by atoms with Crippen molar-refractivity contribution in [3.63, 3.8) is 0 Å². The van der Waals surface area contributed by atoms with Crippen molar-refractivity contribution in [2.24, 2.45) is 5.92 Å². The van der Waals surface area contributed by atoms with E-state index in [-0.39, 0.29) is 61.2 Å². The van der Waals surface area contributed by atoms with Crippen LogP contribution < -0.4 is 4.74 Å². The van der Waals surface area contributed by atoms with Crippen molar-refractivity contribution in [3.05, 3.63) is 63.2 Å². The second kappa shape index (κ2) is 12.9. The first-order chi connectivity index (χ1) is 22.8. The summed E-state index contributed by atoms with van der Waals surface area (Å²) in [7, 11) is -4.88. The van der Waals surface area contributed by atoms with E-state index < -0.39 is 71.8 Å². The number of nitrogens with zero attached hydrogens (tertiary/aromatic N) is 2. The molecule has 4 aliphatic rings. The molecule has 2 saturated carbocycles. The number of carbonyl (C=O) groups excluding carboxylic acids is 2. The number of rotatable bonds is 9. The van der Waals surface area contributed by atoms with Crippen LogP contribution in [0.5, 0.6) is 5.75 Å². The van der Waals surface area contributed by atoms with Crippen LogP contribution in [0.15, 0.2) is 24.3 Å². The molecular weight excluding hydrogens is 716 g/mol. The van der Waals surface area contributed by atoms with Gasteiger partial charge in [0.1, 0.15) is 17.4 Å². The minimum absolute atomic E-state index is 0.00931. The van der Waals surface area contributed by atoms with Gasteiger partial charge in [0.25, 0.3) is 10.0 Å². The van der Waals surface area contributed by atoms with E-state index >= 15 is 4.39 Å². The first-order valence-electron chi connectivity index (χ1n) is 15.5. The van der Waals surface area contributed by atoms with Crippen LogP contribution in [0.4, 0.5) is 35.1 Å². The number of hydrogen-bond acceptors (Lipinski definition) is 7. The molecule has 2 aromatic carbocycles. The molecule has 1 amide bonds. The summed E-state index contributed by atoms with van der Waals surface area (Å²) < 4.78 is 140. The molecular formula is C31H29ClF8N2O6S. The van der Waals surface area contributed by atoms with Gasteiger partial charge in [-0.3, -0.25) is 9.69 Å². The van der Waals surface area contributed by atoms with Crippen molar-refractivity contribution in [2.45, 2.75) is 93.5 Å². The number of fused-ring (bicyclic) bond motifs is 2. The Hall–Kier alpha value is -3.18. The highest BCUT2D eigenvalue weighted by Crippen LogP contribution is 2.47. The summed E-state index contributed by atoms with van der Waals surface area (Å²) in [4.78, 5) is 30.6. The molecule has 4 fully saturated rings. The Morgan fingerprint density at radius 2 is 1.55 bits per heavy atom. The molecule has 8 nitrogen and oxygen atoms in total. The maximum absolute atomic E-state index is 15.4. The molecule has 2 bridgehead atoms. The number of benzene rings is 2. The molecule has 2 aromatic rings. The Balaban J connectivity index is 1.16. The molecule has 2 unspecified atom stereocenters. The van der Waals surface area contributed by atoms with Gasteiger partial charge in [-0.2, -0.15) is 26.3 Å². The molecule has 0 spiro atoms. The van der Waals surface area contributed by atoms with Crippen molar-refractivity contribution in [1.29, 1.82) is 0 Å². The van der Waals surface area contributed by atoms with Crippen LogP contribution in [0.25, 0.3) is 0 Å². The summed E-state index contributed by atoms with van der Waals surface area (Å²) in [6.07, 6.45) is -6.57. The molecule has 2 aliphatic heterocycles. The van der Waals surface area contributed by atoms with Crippen LogP contribution in [0.1, 0.15) is 84.3 Å². The number of hydrogen-bond donors (Lipinski definition) is 0. The second-order valence-corrected chi connectivity index (χ2v) is 15.4. The maximum atomic E-state index is 15.4. The van der Waals surface area contributed by atoms with Crippen LogP contribution in [-0.4, -0.2) is 59.8 Å². The van der Waals surface area contributed by atoms with E-state index in [1.54, 1.807) is 0 Å². The highest BCUT2D eigenvalue weighted by Gasteiger charge is 2.50. The van der Waals surface area contributed by atoms with Crippen LogP contribution in [0, 0.1) is 17.6 Å². The predicted octanol–water partition coefficient (Wildman–Crippen LogP) is 7.29. The number of piperidine rings is 1. The molecule has 18 heteroatoms. The average molecular weight is 745 g/mol. The number of hydroxylamine groups is 1. The Labute approximate surface area is 280 Å². The van der Waals surface area contributed by atoms with Gasteiger partial charge >= 0.3 is 24.2 Å². The van der Waals surface area contributed by atoms with Crippen molar-refractivity contribution in [3.8, 4) is 5.75 Å². The molecule has 6 rings (SSSR count). The molecule has 0 radical (unpaired) electrons. The molecule has 0 N–H and O–H groups in total. The van der Waals surface area contributed by atoms with E-state index in [2.05, 4.69) is 4.84 Å². The van der Waals surface area contributed by atoms with Crippen molar-refractivity contribution in [2.75, 3.05) is 6.61 Å². The Kier molecular flexibility index (Phi) is 9.35. The molecule has 2 atom stereocenters. The molecule has 2 saturated heterocycles.